The average molecular weight is 320 g/mol. The fraction of sp³-hybridized carbons (Fsp3) is 0. The molecule has 0 radical (unpaired) electrons. The van der Waals surface area contributed by atoms with E-state index in [1.165, 1.54) is 21.8 Å². The molecule has 2 aromatic heterocycles. The van der Waals surface area contributed by atoms with Crippen LogP contribution in [-0.4, -0.2) is 9.55 Å². The second-order valence-corrected chi connectivity index (χ2v) is 6.14. The molecule has 0 spiro atoms. The Kier molecular flexibility index (Phi) is 3.14. The summed E-state index contributed by atoms with van der Waals surface area (Å²) in [5, 5.41) is 2.54. The summed E-state index contributed by atoms with van der Waals surface area (Å²) in [6.07, 6.45) is 1.96. The molecule has 0 unspecified atom stereocenters. The number of hydrogen-bond donors (Lipinski definition) is 0. The number of para-hydroxylation sites is 2. The molecule has 0 bridgehead atoms. The molecule has 0 aliphatic rings. The van der Waals surface area contributed by atoms with Gasteiger partial charge in [0, 0.05) is 16.3 Å². The summed E-state index contributed by atoms with van der Waals surface area (Å²) in [5.74, 6) is 0. The molecule has 5 aromatic rings. The van der Waals surface area contributed by atoms with Crippen molar-refractivity contribution in [3.05, 3.63) is 97.2 Å². The van der Waals surface area contributed by atoms with Crippen molar-refractivity contribution in [2.45, 2.75) is 0 Å². The highest BCUT2D eigenvalue weighted by Gasteiger charge is 2.11. The van der Waals surface area contributed by atoms with E-state index in [0.29, 0.717) is 0 Å². The summed E-state index contributed by atoms with van der Waals surface area (Å²) < 4.78 is 2.28. The second-order valence-electron chi connectivity index (χ2n) is 6.14. The van der Waals surface area contributed by atoms with E-state index in [4.69, 9.17) is 4.98 Å². The van der Waals surface area contributed by atoms with Crippen LogP contribution in [-0.2, 0) is 0 Å². The van der Waals surface area contributed by atoms with Gasteiger partial charge in [0.15, 0.2) is 0 Å². The maximum Gasteiger partial charge on any atom is 0.0703 e. The normalized spacial score (nSPS) is 11.2. The van der Waals surface area contributed by atoms with Crippen LogP contribution in [0.3, 0.4) is 0 Å². The van der Waals surface area contributed by atoms with Gasteiger partial charge in [-0.25, -0.2) is 0 Å². The van der Waals surface area contributed by atoms with Gasteiger partial charge in [0.2, 0.25) is 0 Å². The number of nitrogens with zero attached hydrogens (tertiary/aromatic N) is 2. The first-order chi connectivity index (χ1) is 12.4. The van der Waals surface area contributed by atoms with Crippen molar-refractivity contribution < 1.29 is 0 Å². The van der Waals surface area contributed by atoms with Crippen molar-refractivity contribution in [1.82, 2.24) is 9.55 Å². The van der Waals surface area contributed by atoms with Crippen LogP contribution in [0.1, 0.15) is 0 Å². The number of aromatic nitrogens is 2. The van der Waals surface area contributed by atoms with E-state index in [0.717, 1.165) is 16.9 Å². The van der Waals surface area contributed by atoms with Gasteiger partial charge in [-0.1, -0.05) is 66.7 Å². The minimum atomic E-state index is 0.991. The first-order valence-electron chi connectivity index (χ1n) is 8.42. The molecule has 25 heavy (non-hydrogen) atoms. The Balaban J connectivity index is 1.73. The molecule has 0 saturated heterocycles. The number of pyridine rings is 1. The van der Waals surface area contributed by atoms with Crippen molar-refractivity contribution in [2.24, 2.45) is 0 Å². The van der Waals surface area contributed by atoms with Crippen molar-refractivity contribution in [2.75, 3.05) is 0 Å². The molecule has 0 atom stereocenters. The van der Waals surface area contributed by atoms with Gasteiger partial charge >= 0.3 is 0 Å². The summed E-state index contributed by atoms with van der Waals surface area (Å²) in [6.45, 7) is 0. The largest absolute Gasteiger partial charge is 0.308 e. The fourth-order valence-corrected chi connectivity index (χ4v) is 3.50. The zero-order chi connectivity index (χ0) is 16.6. The summed E-state index contributed by atoms with van der Waals surface area (Å²) >= 11 is 0. The maximum atomic E-state index is 4.70. The highest BCUT2D eigenvalue weighted by molar-refractivity contribution is 6.09. The molecule has 5 rings (SSSR count). The van der Waals surface area contributed by atoms with Gasteiger partial charge in [0.1, 0.15) is 0 Å². The predicted molar refractivity (Wildman–Crippen MR) is 104 cm³/mol. The maximum absolute atomic E-state index is 4.70. The Morgan fingerprint density at radius 1 is 0.560 bits per heavy atom. The number of hydrogen-bond acceptors (Lipinski definition) is 1. The van der Waals surface area contributed by atoms with Crippen LogP contribution in [0.2, 0.25) is 0 Å². The molecule has 0 aliphatic heterocycles. The predicted octanol–water partition coefficient (Wildman–Crippen LogP) is 5.85. The average Bonchev–Trinajstić information content (AvgIpc) is 3.03. The first kappa shape index (κ1) is 14.0. The van der Waals surface area contributed by atoms with Gasteiger partial charge in [-0.15, -0.1) is 0 Å². The van der Waals surface area contributed by atoms with Crippen molar-refractivity contribution in [3.63, 3.8) is 0 Å². The van der Waals surface area contributed by atoms with Crippen LogP contribution in [0.25, 0.3) is 38.8 Å². The highest BCUT2D eigenvalue weighted by Crippen LogP contribution is 2.31. The molecule has 2 heteroatoms. The fourth-order valence-electron chi connectivity index (χ4n) is 3.50. The first-order valence-corrected chi connectivity index (χ1v) is 8.42. The van der Waals surface area contributed by atoms with Crippen LogP contribution in [0.4, 0.5) is 0 Å². The van der Waals surface area contributed by atoms with Gasteiger partial charge in [-0.2, -0.15) is 0 Å². The summed E-state index contributed by atoms with van der Waals surface area (Å²) in [7, 11) is 0. The monoisotopic (exact) mass is 320 g/mol. The summed E-state index contributed by atoms with van der Waals surface area (Å²) in [5.41, 5.74) is 5.62. The molecule has 118 valence electrons. The number of fused-ring (bicyclic) bond motifs is 3. The lowest BCUT2D eigenvalue weighted by atomic mass is 10.1. The third-order valence-electron chi connectivity index (χ3n) is 4.66. The van der Waals surface area contributed by atoms with Gasteiger partial charge in [-0.05, 0) is 24.3 Å². The van der Waals surface area contributed by atoms with Gasteiger partial charge in [0.25, 0.3) is 0 Å². The van der Waals surface area contributed by atoms with E-state index in [1.807, 2.05) is 24.4 Å². The van der Waals surface area contributed by atoms with Crippen LogP contribution in [0, 0.1) is 0 Å². The molecule has 0 N–H and O–H groups in total. The lowest BCUT2D eigenvalue weighted by Crippen LogP contribution is -1.95. The topological polar surface area (TPSA) is 17.8 Å². The van der Waals surface area contributed by atoms with Crippen LogP contribution >= 0.6 is 0 Å². The smallest absolute Gasteiger partial charge is 0.0703 e. The highest BCUT2D eigenvalue weighted by atomic mass is 15.0. The van der Waals surface area contributed by atoms with Crippen LogP contribution < -0.4 is 0 Å². The Morgan fingerprint density at radius 2 is 1.16 bits per heavy atom. The second kappa shape index (κ2) is 5.60. The Morgan fingerprint density at radius 3 is 1.76 bits per heavy atom. The van der Waals surface area contributed by atoms with Crippen molar-refractivity contribution in [1.29, 1.82) is 0 Å². The third kappa shape index (κ3) is 2.23. The van der Waals surface area contributed by atoms with Gasteiger partial charge < -0.3 is 4.57 Å². The third-order valence-corrected chi connectivity index (χ3v) is 4.66. The number of rotatable bonds is 2. The summed E-state index contributed by atoms with van der Waals surface area (Å²) in [4.78, 5) is 4.70. The molecule has 0 aliphatic carbocycles. The minimum Gasteiger partial charge on any atom is -0.308 e. The molecular formula is C23H16N2. The molecular weight excluding hydrogens is 304 g/mol. The van der Waals surface area contributed by atoms with E-state index >= 15 is 0 Å². The van der Waals surface area contributed by atoms with E-state index < -0.39 is 0 Å². The zero-order valence-corrected chi connectivity index (χ0v) is 13.6. The molecule has 0 saturated carbocycles. The Labute approximate surface area is 146 Å². The zero-order valence-electron chi connectivity index (χ0n) is 13.6. The van der Waals surface area contributed by atoms with Crippen LogP contribution in [0.15, 0.2) is 97.2 Å². The lowest BCUT2D eigenvalue weighted by molar-refractivity contribution is 1.14. The van der Waals surface area contributed by atoms with Crippen molar-refractivity contribution >= 4 is 21.8 Å². The molecule has 2 nitrogen and oxygen atoms in total. The SMILES string of the molecule is c1ccc(-c2ccc(-n3c4ccccc4c4ccccc43)cn2)cc1. The van der Waals surface area contributed by atoms with E-state index in [-0.39, 0.29) is 0 Å². The van der Waals surface area contributed by atoms with E-state index in [1.54, 1.807) is 0 Å². The van der Waals surface area contributed by atoms with Crippen LogP contribution in [0.5, 0.6) is 0 Å². The lowest BCUT2D eigenvalue weighted by Gasteiger charge is -2.08. The van der Waals surface area contributed by atoms with Crippen molar-refractivity contribution in [3.8, 4) is 16.9 Å². The molecule has 0 amide bonds. The molecule has 0 fully saturated rings. The summed E-state index contributed by atoms with van der Waals surface area (Å²) in [6, 6.07) is 31.6. The van der Waals surface area contributed by atoms with Gasteiger partial charge in [0.05, 0.1) is 28.6 Å². The Bertz CT molecular complexity index is 1120. The standard InChI is InChI=1S/C23H16N2/c1-2-8-17(9-3-1)21-15-14-18(16-24-21)25-22-12-6-4-10-19(22)20-11-5-7-13-23(20)25/h1-16H. The minimum absolute atomic E-state index is 0.991. The van der Waals surface area contributed by atoms with E-state index in [2.05, 4.69) is 77.4 Å². The van der Waals surface area contributed by atoms with E-state index in [9.17, 15) is 0 Å². The number of benzene rings is 3. The molecule has 3 aromatic carbocycles. The molecule has 2 heterocycles. The van der Waals surface area contributed by atoms with Gasteiger partial charge in [-0.3, -0.25) is 4.98 Å². The quantitative estimate of drug-likeness (QED) is 0.399. The Hall–Kier alpha value is -3.39.